The van der Waals surface area contributed by atoms with Gasteiger partial charge in [0.15, 0.2) is 11.5 Å². The summed E-state index contributed by atoms with van der Waals surface area (Å²) in [6, 6.07) is 11.4. The lowest BCUT2D eigenvalue weighted by Crippen LogP contribution is -2.47. The van der Waals surface area contributed by atoms with E-state index in [9.17, 15) is 4.79 Å². The first-order valence-corrected chi connectivity index (χ1v) is 9.03. The Morgan fingerprint density at radius 1 is 1.07 bits per heavy atom. The summed E-state index contributed by atoms with van der Waals surface area (Å²) in [4.78, 5) is 15.1. The highest BCUT2D eigenvalue weighted by molar-refractivity contribution is 6.01. The van der Waals surface area contributed by atoms with E-state index >= 15 is 0 Å². The molecule has 0 bridgehead atoms. The van der Waals surface area contributed by atoms with E-state index in [2.05, 4.69) is 19.2 Å². The fraction of sp³-hybridized carbons (Fsp3) is 0.381. The van der Waals surface area contributed by atoms with Gasteiger partial charge in [-0.25, -0.2) is 0 Å². The number of anilines is 1. The van der Waals surface area contributed by atoms with Gasteiger partial charge in [-0.3, -0.25) is 4.79 Å². The number of carbonyl (C=O) groups is 1. The van der Waals surface area contributed by atoms with Gasteiger partial charge in [0, 0.05) is 17.3 Å². The second-order valence-electron chi connectivity index (χ2n) is 6.52. The smallest absolute Gasteiger partial charge is 0.258 e. The lowest BCUT2D eigenvalue weighted by Gasteiger charge is -2.41. The predicted molar refractivity (Wildman–Crippen MR) is 105 cm³/mol. The van der Waals surface area contributed by atoms with Gasteiger partial charge in [0.1, 0.15) is 6.17 Å². The standard InChI is InChI=1S/C21H26N2O4/c1-6-13(2)23-20(22-16-10-8-7-9-15(16)21(23)24)14-11-17(25-3)19(27-5)18(12-14)26-4/h7-13,20,22H,6H2,1-5H3/t13-,20-/m0/s1. The number of amides is 1. The Labute approximate surface area is 160 Å². The summed E-state index contributed by atoms with van der Waals surface area (Å²) in [6.07, 6.45) is 0.507. The molecule has 0 spiro atoms. The average molecular weight is 370 g/mol. The summed E-state index contributed by atoms with van der Waals surface area (Å²) in [6.45, 7) is 4.13. The third-order valence-corrected chi connectivity index (χ3v) is 5.03. The van der Waals surface area contributed by atoms with Crippen LogP contribution in [0.25, 0.3) is 0 Å². The second kappa shape index (κ2) is 7.78. The molecular formula is C21H26N2O4. The highest BCUT2D eigenvalue weighted by Crippen LogP contribution is 2.43. The van der Waals surface area contributed by atoms with Crippen LogP contribution in [-0.2, 0) is 0 Å². The molecule has 1 N–H and O–H groups in total. The third kappa shape index (κ3) is 3.27. The molecule has 1 heterocycles. The summed E-state index contributed by atoms with van der Waals surface area (Å²) in [5.74, 6) is 1.66. The minimum Gasteiger partial charge on any atom is -0.493 e. The van der Waals surface area contributed by atoms with Crippen molar-refractivity contribution >= 4 is 11.6 Å². The zero-order chi connectivity index (χ0) is 19.6. The van der Waals surface area contributed by atoms with E-state index in [0.717, 1.165) is 17.7 Å². The number of nitrogens with zero attached hydrogens (tertiary/aromatic N) is 1. The molecule has 0 aromatic heterocycles. The van der Waals surface area contributed by atoms with Gasteiger partial charge in [-0.2, -0.15) is 0 Å². The Morgan fingerprint density at radius 3 is 2.26 bits per heavy atom. The zero-order valence-electron chi connectivity index (χ0n) is 16.4. The number of hydrogen-bond donors (Lipinski definition) is 1. The minimum atomic E-state index is -0.337. The fourth-order valence-electron chi connectivity index (χ4n) is 3.42. The molecule has 0 radical (unpaired) electrons. The van der Waals surface area contributed by atoms with Crippen molar-refractivity contribution in [3.63, 3.8) is 0 Å². The van der Waals surface area contributed by atoms with E-state index in [1.54, 1.807) is 21.3 Å². The van der Waals surface area contributed by atoms with E-state index in [4.69, 9.17) is 14.2 Å². The Bertz CT molecular complexity index is 812. The summed E-state index contributed by atoms with van der Waals surface area (Å²) < 4.78 is 16.4. The maximum atomic E-state index is 13.2. The highest BCUT2D eigenvalue weighted by atomic mass is 16.5. The number of rotatable bonds is 6. The van der Waals surface area contributed by atoms with Crippen molar-refractivity contribution in [2.75, 3.05) is 26.6 Å². The van der Waals surface area contributed by atoms with Crippen LogP contribution in [0.3, 0.4) is 0 Å². The normalized spacial score (nSPS) is 17.0. The fourth-order valence-corrected chi connectivity index (χ4v) is 3.42. The van der Waals surface area contributed by atoms with Crippen LogP contribution in [0, 0.1) is 0 Å². The molecule has 6 nitrogen and oxygen atoms in total. The quantitative estimate of drug-likeness (QED) is 0.830. The first-order valence-electron chi connectivity index (χ1n) is 9.03. The van der Waals surface area contributed by atoms with E-state index < -0.39 is 0 Å². The topological polar surface area (TPSA) is 60.0 Å². The Morgan fingerprint density at radius 2 is 1.70 bits per heavy atom. The van der Waals surface area contributed by atoms with Gasteiger partial charge >= 0.3 is 0 Å². The van der Waals surface area contributed by atoms with E-state index in [1.807, 2.05) is 41.3 Å². The Kier molecular flexibility index (Phi) is 5.44. The summed E-state index contributed by atoms with van der Waals surface area (Å²) in [7, 11) is 4.74. The van der Waals surface area contributed by atoms with Crippen molar-refractivity contribution in [2.24, 2.45) is 0 Å². The van der Waals surface area contributed by atoms with Crippen molar-refractivity contribution in [1.82, 2.24) is 4.90 Å². The largest absolute Gasteiger partial charge is 0.493 e. The number of ether oxygens (including phenoxy) is 3. The molecule has 0 aliphatic carbocycles. The summed E-state index contributed by atoms with van der Waals surface area (Å²) >= 11 is 0. The van der Waals surface area contributed by atoms with Gasteiger partial charge in [0.05, 0.1) is 26.9 Å². The molecule has 2 aromatic rings. The van der Waals surface area contributed by atoms with Crippen LogP contribution >= 0.6 is 0 Å². The van der Waals surface area contributed by atoms with Crippen LogP contribution in [-0.4, -0.2) is 38.2 Å². The maximum Gasteiger partial charge on any atom is 0.258 e. The first kappa shape index (κ1) is 18.9. The molecule has 0 fully saturated rings. The third-order valence-electron chi connectivity index (χ3n) is 5.03. The van der Waals surface area contributed by atoms with Crippen LogP contribution in [0.4, 0.5) is 5.69 Å². The van der Waals surface area contributed by atoms with E-state index in [0.29, 0.717) is 22.8 Å². The minimum absolute atomic E-state index is 0.0115. The van der Waals surface area contributed by atoms with E-state index in [-0.39, 0.29) is 18.1 Å². The summed E-state index contributed by atoms with van der Waals surface area (Å²) in [5, 5.41) is 3.50. The number of methoxy groups -OCH3 is 3. The lowest BCUT2D eigenvalue weighted by molar-refractivity contribution is 0.0593. The number of benzene rings is 2. The molecule has 0 saturated heterocycles. The van der Waals surface area contributed by atoms with Crippen molar-refractivity contribution in [3.8, 4) is 17.2 Å². The number of hydrogen-bond acceptors (Lipinski definition) is 5. The molecule has 27 heavy (non-hydrogen) atoms. The van der Waals surface area contributed by atoms with Crippen LogP contribution < -0.4 is 19.5 Å². The SMILES string of the molecule is CC[C@H](C)N1C(=O)c2ccccc2N[C@@H]1c1cc(OC)c(OC)c(OC)c1. The van der Waals surface area contributed by atoms with Gasteiger partial charge in [0.25, 0.3) is 5.91 Å². The van der Waals surface area contributed by atoms with Gasteiger partial charge in [0.2, 0.25) is 5.75 Å². The number of para-hydroxylation sites is 1. The molecule has 1 aliphatic heterocycles. The Hall–Kier alpha value is -2.89. The van der Waals surface area contributed by atoms with Gasteiger partial charge < -0.3 is 24.4 Å². The molecule has 2 aromatic carbocycles. The van der Waals surface area contributed by atoms with Crippen LogP contribution in [0.5, 0.6) is 17.2 Å². The Balaban J connectivity index is 2.14. The van der Waals surface area contributed by atoms with Crippen molar-refractivity contribution < 1.29 is 19.0 Å². The lowest BCUT2D eigenvalue weighted by atomic mass is 10.00. The molecule has 0 saturated carbocycles. The number of fused-ring (bicyclic) bond motifs is 1. The average Bonchev–Trinajstić information content (AvgIpc) is 2.71. The predicted octanol–water partition coefficient (Wildman–Crippen LogP) is 4.08. The molecule has 144 valence electrons. The molecule has 1 aliphatic rings. The van der Waals surface area contributed by atoms with Crippen molar-refractivity contribution in [2.45, 2.75) is 32.5 Å². The van der Waals surface area contributed by atoms with Crippen LogP contribution in [0.15, 0.2) is 36.4 Å². The molecular weight excluding hydrogens is 344 g/mol. The van der Waals surface area contributed by atoms with Gasteiger partial charge in [-0.05, 0) is 37.6 Å². The number of carbonyl (C=O) groups excluding carboxylic acids is 1. The van der Waals surface area contributed by atoms with Crippen molar-refractivity contribution in [1.29, 1.82) is 0 Å². The number of nitrogens with one attached hydrogen (secondary N) is 1. The van der Waals surface area contributed by atoms with Crippen LogP contribution in [0.1, 0.15) is 42.4 Å². The van der Waals surface area contributed by atoms with Gasteiger partial charge in [-0.15, -0.1) is 0 Å². The molecule has 3 rings (SSSR count). The van der Waals surface area contributed by atoms with E-state index in [1.165, 1.54) is 0 Å². The first-order chi connectivity index (χ1) is 13.0. The molecule has 6 heteroatoms. The molecule has 2 atom stereocenters. The summed E-state index contributed by atoms with van der Waals surface area (Å²) in [5.41, 5.74) is 2.37. The van der Waals surface area contributed by atoms with Crippen LogP contribution in [0.2, 0.25) is 0 Å². The molecule has 1 amide bonds. The molecule has 0 unspecified atom stereocenters. The highest BCUT2D eigenvalue weighted by Gasteiger charge is 2.36. The zero-order valence-corrected chi connectivity index (χ0v) is 16.4. The monoisotopic (exact) mass is 370 g/mol. The second-order valence-corrected chi connectivity index (χ2v) is 6.52. The van der Waals surface area contributed by atoms with Gasteiger partial charge in [-0.1, -0.05) is 19.1 Å². The maximum absolute atomic E-state index is 13.2. The van der Waals surface area contributed by atoms with Crippen molar-refractivity contribution in [3.05, 3.63) is 47.5 Å².